The Kier molecular flexibility index (Phi) is 6.23. The van der Waals surface area contributed by atoms with E-state index in [1.807, 2.05) is 0 Å². The van der Waals surface area contributed by atoms with E-state index in [0.717, 1.165) is 0 Å². The van der Waals surface area contributed by atoms with Crippen LogP contribution in [-0.4, -0.2) is 62.4 Å². The van der Waals surface area contributed by atoms with Crippen LogP contribution in [0.25, 0.3) is 0 Å². The molecule has 0 spiro atoms. The van der Waals surface area contributed by atoms with E-state index in [2.05, 4.69) is 4.52 Å². The van der Waals surface area contributed by atoms with Crippen molar-refractivity contribution in [3.8, 4) is 0 Å². The summed E-state index contributed by atoms with van der Waals surface area (Å²) in [6, 6.07) is -1.42. The van der Waals surface area contributed by atoms with Crippen molar-refractivity contribution in [1.82, 2.24) is 0 Å². The Hall–Kier alpha value is -0.380. The van der Waals surface area contributed by atoms with Crippen LogP contribution in [0.2, 0.25) is 0 Å². The zero-order valence-corrected chi connectivity index (χ0v) is 8.97. The summed E-state index contributed by atoms with van der Waals surface area (Å²) in [6.07, 6.45) is -5.24. The van der Waals surface area contributed by atoms with Crippen LogP contribution < -0.4 is 5.73 Å². The highest BCUT2D eigenvalue weighted by Gasteiger charge is 2.30. The molecule has 0 heterocycles. The number of aliphatic hydroxyl groups excluding tert-OH is 3. The van der Waals surface area contributed by atoms with Gasteiger partial charge in [-0.1, -0.05) is 0 Å². The summed E-state index contributed by atoms with van der Waals surface area (Å²) in [4.78, 5) is 26.7. The minimum atomic E-state index is -4.77. The summed E-state index contributed by atoms with van der Waals surface area (Å²) >= 11 is 0. The minimum absolute atomic E-state index is 0.157. The molecule has 0 saturated heterocycles. The molecule has 96 valence electrons. The van der Waals surface area contributed by atoms with Gasteiger partial charge in [0.2, 0.25) is 0 Å². The van der Waals surface area contributed by atoms with Crippen molar-refractivity contribution in [2.24, 2.45) is 5.73 Å². The summed E-state index contributed by atoms with van der Waals surface area (Å²) in [7, 11) is -4.77. The van der Waals surface area contributed by atoms with Gasteiger partial charge in [0.15, 0.2) is 0 Å². The number of aldehydes is 1. The summed E-state index contributed by atoms with van der Waals surface area (Å²) in [5.74, 6) is 0. The highest BCUT2D eigenvalue weighted by atomic mass is 31.2. The fourth-order valence-corrected chi connectivity index (χ4v) is 1.15. The molecule has 0 aliphatic carbocycles. The van der Waals surface area contributed by atoms with Crippen molar-refractivity contribution in [2.45, 2.75) is 24.4 Å². The molecular weight excluding hydrogens is 245 g/mol. The zero-order chi connectivity index (χ0) is 12.9. The molecule has 0 bridgehead atoms. The summed E-state index contributed by atoms with van der Waals surface area (Å²) in [5, 5.41) is 27.5. The number of carbonyl (C=O) groups excluding carboxylic acids is 1. The van der Waals surface area contributed by atoms with Crippen LogP contribution in [0.4, 0.5) is 0 Å². The second kappa shape index (κ2) is 6.38. The number of phosphoric ester groups is 1. The third kappa shape index (κ3) is 5.64. The number of rotatable bonds is 7. The third-order valence-electron chi connectivity index (χ3n) is 1.71. The molecule has 0 fully saturated rings. The lowest BCUT2D eigenvalue weighted by atomic mass is 10.0. The minimum Gasteiger partial charge on any atom is -0.388 e. The van der Waals surface area contributed by atoms with E-state index in [1.165, 1.54) is 0 Å². The largest absolute Gasteiger partial charge is 0.469 e. The van der Waals surface area contributed by atoms with Crippen LogP contribution in [-0.2, 0) is 13.9 Å². The smallest absolute Gasteiger partial charge is 0.388 e. The van der Waals surface area contributed by atoms with E-state index in [9.17, 15) is 19.6 Å². The lowest BCUT2D eigenvalue weighted by Gasteiger charge is -2.24. The monoisotopic (exact) mass is 259 g/mol. The van der Waals surface area contributed by atoms with E-state index in [4.69, 9.17) is 20.6 Å². The fraction of sp³-hybridized carbons (Fsp3) is 0.833. The Morgan fingerprint density at radius 2 is 1.75 bits per heavy atom. The molecule has 7 N–H and O–H groups in total. The topological polar surface area (TPSA) is 171 Å². The molecular formula is C6H14NO8P. The predicted octanol–water partition coefficient (Wildman–Crippen LogP) is -3.30. The maximum absolute atomic E-state index is 10.3. The van der Waals surface area contributed by atoms with Crippen molar-refractivity contribution >= 4 is 14.1 Å². The molecule has 0 saturated carbocycles. The van der Waals surface area contributed by atoms with E-state index < -0.39 is 38.8 Å². The summed E-state index contributed by atoms with van der Waals surface area (Å²) in [5.41, 5.74) is 5.05. The molecule has 9 nitrogen and oxygen atoms in total. The Bertz CT molecular complexity index is 267. The molecule has 0 aromatic rings. The Morgan fingerprint density at radius 1 is 1.25 bits per heavy atom. The van der Waals surface area contributed by atoms with Gasteiger partial charge >= 0.3 is 7.82 Å². The first-order valence-corrected chi connectivity index (χ1v) is 5.67. The van der Waals surface area contributed by atoms with E-state index >= 15 is 0 Å². The van der Waals surface area contributed by atoms with Crippen molar-refractivity contribution in [2.75, 3.05) is 6.61 Å². The van der Waals surface area contributed by atoms with E-state index in [-0.39, 0.29) is 6.29 Å². The molecule has 0 rings (SSSR count). The third-order valence-corrected chi connectivity index (χ3v) is 2.19. The molecule has 4 atom stereocenters. The number of carbonyl (C=O) groups is 1. The standard InChI is InChI=1S/C6H14NO8P/c7-3(1-8)5(10)6(11)4(9)2-15-16(12,13)14/h1,3-6,9-11H,2,7H2,(H2,12,13,14)/t3-,4-,5+,6-/m1/s1. The number of aliphatic hydroxyl groups is 3. The van der Waals surface area contributed by atoms with Gasteiger partial charge in [0.05, 0.1) is 12.6 Å². The first-order valence-electron chi connectivity index (χ1n) is 4.14. The maximum atomic E-state index is 10.3. The summed E-state index contributed by atoms with van der Waals surface area (Å²) < 4.78 is 14.1. The van der Waals surface area contributed by atoms with Gasteiger partial charge in [-0.25, -0.2) is 4.57 Å². The molecule has 0 aromatic carbocycles. The van der Waals surface area contributed by atoms with Crippen LogP contribution in [0.5, 0.6) is 0 Å². The van der Waals surface area contributed by atoms with Crippen molar-refractivity contribution < 1.29 is 39.0 Å². The quantitative estimate of drug-likeness (QED) is 0.202. The highest BCUT2D eigenvalue weighted by molar-refractivity contribution is 7.46. The van der Waals surface area contributed by atoms with Crippen LogP contribution in [0.3, 0.4) is 0 Å². The second-order valence-electron chi connectivity index (χ2n) is 3.05. The average Bonchev–Trinajstić information content (AvgIpc) is 2.21. The zero-order valence-electron chi connectivity index (χ0n) is 8.08. The lowest BCUT2D eigenvalue weighted by Crippen LogP contribution is -2.50. The predicted molar refractivity (Wildman–Crippen MR) is 50.1 cm³/mol. The molecule has 16 heavy (non-hydrogen) atoms. The average molecular weight is 259 g/mol. The molecule has 0 radical (unpaired) electrons. The van der Waals surface area contributed by atoms with E-state index in [0.29, 0.717) is 0 Å². The Morgan fingerprint density at radius 3 is 2.12 bits per heavy atom. The second-order valence-corrected chi connectivity index (χ2v) is 4.29. The fourth-order valence-electron chi connectivity index (χ4n) is 0.808. The van der Waals surface area contributed by atoms with E-state index in [1.54, 1.807) is 0 Å². The Labute approximate surface area is 90.7 Å². The van der Waals surface area contributed by atoms with Gasteiger partial charge in [0, 0.05) is 0 Å². The van der Waals surface area contributed by atoms with Gasteiger partial charge in [-0.3, -0.25) is 4.52 Å². The van der Waals surface area contributed by atoms with Gasteiger partial charge in [0.25, 0.3) is 0 Å². The number of phosphoric acid groups is 1. The lowest BCUT2D eigenvalue weighted by molar-refractivity contribution is -0.118. The van der Waals surface area contributed by atoms with Gasteiger partial charge < -0.3 is 35.6 Å². The van der Waals surface area contributed by atoms with Crippen LogP contribution in [0.15, 0.2) is 0 Å². The molecule has 0 aromatic heterocycles. The van der Waals surface area contributed by atoms with Gasteiger partial charge in [-0.2, -0.15) is 0 Å². The number of nitrogens with two attached hydrogens (primary N) is 1. The van der Waals surface area contributed by atoms with Crippen molar-refractivity contribution in [3.63, 3.8) is 0 Å². The molecule has 10 heteroatoms. The Balaban J connectivity index is 4.22. The SMILES string of the molecule is N[C@H](C=O)[C@H](O)[C@H](O)[C@H](O)COP(=O)(O)O. The van der Waals surface area contributed by atoms with Gasteiger partial charge in [0.1, 0.15) is 24.6 Å². The summed E-state index contributed by atoms with van der Waals surface area (Å²) in [6.45, 7) is -0.909. The van der Waals surface area contributed by atoms with Gasteiger partial charge in [-0.05, 0) is 0 Å². The molecule has 0 amide bonds. The molecule has 0 aliphatic heterocycles. The highest BCUT2D eigenvalue weighted by Crippen LogP contribution is 2.35. The van der Waals surface area contributed by atoms with Gasteiger partial charge in [-0.15, -0.1) is 0 Å². The molecule has 0 aliphatic rings. The first kappa shape index (κ1) is 15.6. The van der Waals surface area contributed by atoms with Crippen molar-refractivity contribution in [1.29, 1.82) is 0 Å². The van der Waals surface area contributed by atoms with Crippen LogP contribution in [0.1, 0.15) is 0 Å². The number of hydrogen-bond acceptors (Lipinski definition) is 7. The number of hydrogen-bond donors (Lipinski definition) is 6. The first-order chi connectivity index (χ1) is 7.19. The van der Waals surface area contributed by atoms with Crippen LogP contribution in [0, 0.1) is 0 Å². The molecule has 0 unspecified atom stereocenters. The normalized spacial score (nSPS) is 19.9. The maximum Gasteiger partial charge on any atom is 0.469 e. The van der Waals surface area contributed by atoms with Crippen LogP contribution >= 0.6 is 7.82 Å². The van der Waals surface area contributed by atoms with Crippen molar-refractivity contribution in [3.05, 3.63) is 0 Å².